The lowest BCUT2D eigenvalue weighted by Crippen LogP contribution is -2.18. The van der Waals surface area contributed by atoms with Crippen LogP contribution in [0.5, 0.6) is 11.5 Å². The summed E-state index contributed by atoms with van der Waals surface area (Å²) in [5, 5.41) is 10.9. The van der Waals surface area contributed by atoms with Crippen LogP contribution in [-0.2, 0) is 9.53 Å². The third-order valence-corrected chi connectivity index (χ3v) is 3.74. The maximum absolute atomic E-state index is 12.5. The number of fused-ring (bicyclic) bond motifs is 1. The first kappa shape index (κ1) is 19.1. The molecule has 3 rings (SSSR count). The van der Waals surface area contributed by atoms with Gasteiger partial charge < -0.3 is 14.2 Å². The lowest BCUT2D eigenvalue weighted by atomic mass is 10.1. The average Bonchev–Trinajstić information content (AvgIpc) is 2.95. The second kappa shape index (κ2) is 7.91. The summed E-state index contributed by atoms with van der Waals surface area (Å²) in [4.78, 5) is 34.4. The molecule has 0 fully saturated rings. The Morgan fingerprint density at radius 3 is 2.75 bits per heavy atom. The molecule has 144 valence electrons. The molecule has 0 unspecified atom stereocenters. The fourth-order valence-electron chi connectivity index (χ4n) is 2.58. The van der Waals surface area contributed by atoms with Crippen LogP contribution in [-0.4, -0.2) is 29.4 Å². The van der Waals surface area contributed by atoms with Crippen LogP contribution in [0.15, 0.2) is 48.2 Å². The van der Waals surface area contributed by atoms with Crippen molar-refractivity contribution in [1.29, 1.82) is 0 Å². The predicted molar refractivity (Wildman–Crippen MR) is 99.2 cm³/mol. The highest BCUT2D eigenvalue weighted by Crippen LogP contribution is 2.35. The minimum Gasteiger partial charge on any atom is -0.482 e. The van der Waals surface area contributed by atoms with Crippen LogP contribution >= 0.6 is 0 Å². The molecule has 8 heteroatoms. The fourth-order valence-corrected chi connectivity index (χ4v) is 2.58. The number of ether oxygens (including phenoxy) is 3. The summed E-state index contributed by atoms with van der Waals surface area (Å²) in [6.45, 7) is 3.21. The highest BCUT2D eigenvalue weighted by molar-refractivity contribution is 6.14. The second-order valence-corrected chi connectivity index (χ2v) is 6.28. The normalized spacial score (nSPS) is 14.0. The first-order valence-electron chi connectivity index (χ1n) is 8.48. The monoisotopic (exact) mass is 383 g/mol. The van der Waals surface area contributed by atoms with Crippen molar-refractivity contribution in [2.24, 2.45) is 0 Å². The zero-order valence-electron chi connectivity index (χ0n) is 15.2. The molecular weight excluding hydrogens is 366 g/mol. The van der Waals surface area contributed by atoms with Crippen LogP contribution in [0.1, 0.15) is 29.8 Å². The van der Waals surface area contributed by atoms with Crippen LogP contribution in [0.3, 0.4) is 0 Å². The van der Waals surface area contributed by atoms with Gasteiger partial charge in [0.15, 0.2) is 12.4 Å². The Balaban J connectivity index is 1.75. The number of Topliss-reactive ketones (excluding diaryl/α,β-unsaturated/α-hetero) is 1. The number of benzene rings is 2. The van der Waals surface area contributed by atoms with E-state index in [1.807, 2.05) is 0 Å². The molecule has 0 amide bonds. The number of allylic oxidation sites excluding steroid dienone is 1. The number of non-ortho nitro benzene ring substituents is 1. The van der Waals surface area contributed by atoms with Crippen LogP contribution in [0.4, 0.5) is 5.69 Å². The lowest BCUT2D eigenvalue weighted by Gasteiger charge is -2.09. The standard InChI is InChI=1S/C20H17NO7/c1-12(2)27-19(22)11-26-15-6-7-16-17(10-15)28-18(20(16)23)9-13-4-3-5-14(8-13)21(24)25/h3-10,12H,11H2,1-2H3/b18-9-. The summed E-state index contributed by atoms with van der Waals surface area (Å²) in [6, 6.07) is 10.5. The van der Waals surface area contributed by atoms with E-state index in [1.54, 1.807) is 26.0 Å². The van der Waals surface area contributed by atoms with Crippen LogP contribution < -0.4 is 9.47 Å². The van der Waals surface area contributed by atoms with E-state index < -0.39 is 10.9 Å². The van der Waals surface area contributed by atoms with Crippen LogP contribution in [0, 0.1) is 10.1 Å². The SMILES string of the molecule is CC(C)OC(=O)COc1ccc2c(c1)O/C(=C\c1cccc([N+](=O)[O-])c1)C2=O. The van der Waals surface area contributed by atoms with Gasteiger partial charge in [0.2, 0.25) is 5.78 Å². The van der Waals surface area contributed by atoms with Gasteiger partial charge in [0.1, 0.15) is 11.5 Å². The summed E-state index contributed by atoms with van der Waals surface area (Å²) >= 11 is 0. The number of carbonyl (C=O) groups is 2. The van der Waals surface area contributed by atoms with Gasteiger partial charge >= 0.3 is 5.97 Å². The van der Waals surface area contributed by atoms with E-state index in [1.165, 1.54) is 36.4 Å². The average molecular weight is 383 g/mol. The Morgan fingerprint density at radius 2 is 2.04 bits per heavy atom. The van der Waals surface area contributed by atoms with Crippen molar-refractivity contribution in [3.8, 4) is 11.5 Å². The van der Waals surface area contributed by atoms with Crippen molar-refractivity contribution in [2.45, 2.75) is 20.0 Å². The largest absolute Gasteiger partial charge is 0.482 e. The maximum Gasteiger partial charge on any atom is 0.344 e. The topological polar surface area (TPSA) is 105 Å². The molecule has 0 saturated carbocycles. The molecule has 0 saturated heterocycles. The minimum absolute atomic E-state index is 0.0480. The van der Waals surface area contributed by atoms with Gasteiger partial charge in [0.25, 0.3) is 5.69 Å². The van der Waals surface area contributed by atoms with Crippen LogP contribution in [0.25, 0.3) is 6.08 Å². The number of ketones is 1. The molecule has 2 aromatic rings. The molecule has 28 heavy (non-hydrogen) atoms. The first-order valence-corrected chi connectivity index (χ1v) is 8.48. The predicted octanol–water partition coefficient (Wildman–Crippen LogP) is 3.54. The Labute approximate surface area is 160 Å². The zero-order chi connectivity index (χ0) is 20.3. The number of nitro benzene ring substituents is 1. The first-order chi connectivity index (χ1) is 13.3. The van der Waals surface area contributed by atoms with E-state index in [0.717, 1.165) is 0 Å². The number of nitrogens with zero attached hydrogens (tertiary/aromatic N) is 1. The van der Waals surface area contributed by atoms with Crippen molar-refractivity contribution in [3.05, 3.63) is 69.5 Å². The van der Waals surface area contributed by atoms with E-state index >= 15 is 0 Å². The second-order valence-electron chi connectivity index (χ2n) is 6.28. The van der Waals surface area contributed by atoms with Gasteiger partial charge in [-0.2, -0.15) is 0 Å². The van der Waals surface area contributed by atoms with Crippen LogP contribution in [0.2, 0.25) is 0 Å². The van der Waals surface area contributed by atoms with Crippen molar-refractivity contribution in [3.63, 3.8) is 0 Å². The molecule has 2 aromatic carbocycles. The molecule has 1 heterocycles. The highest BCUT2D eigenvalue weighted by Gasteiger charge is 2.28. The number of rotatable bonds is 6. The number of nitro groups is 1. The summed E-state index contributed by atoms with van der Waals surface area (Å²) in [5.41, 5.74) is 0.730. The van der Waals surface area contributed by atoms with Gasteiger partial charge in [-0.15, -0.1) is 0 Å². The molecule has 0 aliphatic carbocycles. The maximum atomic E-state index is 12.5. The molecule has 0 spiro atoms. The number of esters is 1. The molecule has 0 bridgehead atoms. The van der Waals surface area contributed by atoms with Gasteiger partial charge in [-0.25, -0.2) is 4.79 Å². The number of hydrogen-bond donors (Lipinski definition) is 0. The molecule has 1 aliphatic heterocycles. The van der Waals surface area contributed by atoms with E-state index in [-0.39, 0.29) is 35.7 Å². The number of carbonyl (C=O) groups excluding carboxylic acids is 2. The molecule has 8 nitrogen and oxygen atoms in total. The summed E-state index contributed by atoms with van der Waals surface area (Å²) in [5.74, 6) is -0.154. The Morgan fingerprint density at radius 1 is 1.25 bits per heavy atom. The van der Waals surface area contributed by atoms with E-state index in [0.29, 0.717) is 16.9 Å². The third-order valence-electron chi connectivity index (χ3n) is 3.74. The molecule has 0 atom stereocenters. The minimum atomic E-state index is -0.512. The van der Waals surface area contributed by atoms with Gasteiger partial charge in [-0.1, -0.05) is 12.1 Å². The summed E-state index contributed by atoms with van der Waals surface area (Å²) in [6.07, 6.45) is 1.20. The van der Waals surface area contributed by atoms with Gasteiger partial charge in [0.05, 0.1) is 16.6 Å². The smallest absolute Gasteiger partial charge is 0.344 e. The summed E-state index contributed by atoms with van der Waals surface area (Å²) in [7, 11) is 0. The molecular formula is C20H17NO7. The van der Waals surface area contributed by atoms with Crippen molar-refractivity contribution >= 4 is 23.5 Å². The van der Waals surface area contributed by atoms with Gasteiger partial charge in [-0.05, 0) is 37.6 Å². The zero-order valence-corrected chi connectivity index (χ0v) is 15.2. The van der Waals surface area contributed by atoms with Crippen molar-refractivity contribution in [2.75, 3.05) is 6.61 Å². The highest BCUT2D eigenvalue weighted by atomic mass is 16.6. The van der Waals surface area contributed by atoms with E-state index in [4.69, 9.17) is 14.2 Å². The van der Waals surface area contributed by atoms with E-state index in [9.17, 15) is 19.7 Å². The van der Waals surface area contributed by atoms with E-state index in [2.05, 4.69) is 0 Å². The molecule has 0 radical (unpaired) electrons. The molecule has 1 aliphatic rings. The Bertz CT molecular complexity index is 978. The third kappa shape index (κ3) is 4.35. The number of hydrogen-bond acceptors (Lipinski definition) is 7. The molecule has 0 aromatic heterocycles. The van der Waals surface area contributed by atoms with Gasteiger partial charge in [0, 0.05) is 18.2 Å². The summed E-state index contributed by atoms with van der Waals surface area (Å²) < 4.78 is 15.9. The quantitative estimate of drug-likeness (QED) is 0.325. The molecule has 0 N–H and O–H groups in total. The fraction of sp³-hybridized carbons (Fsp3) is 0.200. The lowest BCUT2D eigenvalue weighted by molar-refractivity contribution is -0.384. The van der Waals surface area contributed by atoms with Crippen molar-refractivity contribution in [1.82, 2.24) is 0 Å². The van der Waals surface area contributed by atoms with Crippen molar-refractivity contribution < 1.29 is 28.7 Å². The Kier molecular flexibility index (Phi) is 5.39. The van der Waals surface area contributed by atoms with Gasteiger partial charge in [-0.3, -0.25) is 14.9 Å². The Hall–Kier alpha value is -3.68.